The summed E-state index contributed by atoms with van der Waals surface area (Å²) in [6, 6.07) is 0. The number of rotatable bonds is 18. The lowest BCUT2D eigenvalue weighted by Crippen LogP contribution is -2.34. The van der Waals surface area contributed by atoms with Crippen LogP contribution in [0.15, 0.2) is 4.99 Å². The SMILES string of the molecule is CC.CC.CCC(C)(C)CC(C)(C)CCCN(C)CCN(C=NC)CCCC(C)(C)CC(C)(C)CC. The molecule has 0 radical (unpaired) electrons. The Balaban J connectivity index is -0.00000258. The molecule has 0 saturated heterocycles. The molecule has 0 N–H and O–H groups in total. The first-order chi connectivity index (χ1) is 16.6. The second kappa shape index (κ2) is 20.4. The maximum Gasteiger partial charge on any atom is 0.0846 e. The number of likely N-dealkylation sites (N-methyl/N-ethyl adjacent to an activating group) is 1. The predicted molar refractivity (Wildman–Crippen MR) is 170 cm³/mol. The first-order valence-corrected chi connectivity index (χ1v) is 15.4. The van der Waals surface area contributed by atoms with Crippen LogP contribution in [-0.2, 0) is 0 Å². The Kier molecular flexibility index (Phi) is 22.6. The van der Waals surface area contributed by atoms with Gasteiger partial charge >= 0.3 is 0 Å². The van der Waals surface area contributed by atoms with Gasteiger partial charge in [-0.15, -0.1) is 0 Å². The van der Waals surface area contributed by atoms with E-state index in [0.717, 1.165) is 19.6 Å². The van der Waals surface area contributed by atoms with Crippen LogP contribution in [0.5, 0.6) is 0 Å². The van der Waals surface area contributed by atoms with Crippen molar-refractivity contribution in [1.82, 2.24) is 9.80 Å². The monoisotopic (exact) mass is 512 g/mol. The van der Waals surface area contributed by atoms with Gasteiger partial charge in [-0.25, -0.2) is 0 Å². The van der Waals surface area contributed by atoms with Crippen LogP contribution in [0.4, 0.5) is 0 Å². The van der Waals surface area contributed by atoms with E-state index in [1.54, 1.807) is 0 Å². The third-order valence-electron chi connectivity index (χ3n) is 7.57. The number of aliphatic imine (C=N–C) groups is 1. The average Bonchev–Trinajstić information content (AvgIpc) is 2.78. The molecule has 0 aromatic carbocycles. The summed E-state index contributed by atoms with van der Waals surface area (Å²) in [6.07, 6.45) is 12.3. The van der Waals surface area contributed by atoms with Gasteiger partial charge in [0.1, 0.15) is 0 Å². The Morgan fingerprint density at radius 1 is 0.583 bits per heavy atom. The lowest BCUT2D eigenvalue weighted by atomic mass is 9.71. The number of hydrogen-bond acceptors (Lipinski definition) is 2. The minimum Gasteiger partial charge on any atom is -0.362 e. The molecular weight excluding hydrogens is 438 g/mol. The molecule has 0 aromatic rings. The third kappa shape index (κ3) is 22.6. The minimum absolute atomic E-state index is 0.407. The van der Waals surface area contributed by atoms with Gasteiger partial charge in [0, 0.05) is 26.7 Å². The van der Waals surface area contributed by atoms with Crippen molar-refractivity contribution in [3.8, 4) is 0 Å². The lowest BCUT2D eigenvalue weighted by Gasteiger charge is -2.35. The van der Waals surface area contributed by atoms with Crippen LogP contribution in [0.3, 0.4) is 0 Å². The van der Waals surface area contributed by atoms with Crippen molar-refractivity contribution in [3.05, 3.63) is 0 Å². The fourth-order valence-electron chi connectivity index (χ4n) is 5.41. The van der Waals surface area contributed by atoms with E-state index in [4.69, 9.17) is 0 Å². The topological polar surface area (TPSA) is 18.8 Å². The van der Waals surface area contributed by atoms with E-state index >= 15 is 0 Å². The Labute approximate surface area is 231 Å². The summed E-state index contributed by atoms with van der Waals surface area (Å²) in [5.41, 5.74) is 1.73. The zero-order valence-electron chi connectivity index (χ0n) is 28.4. The molecule has 0 amide bonds. The van der Waals surface area contributed by atoms with E-state index in [0.29, 0.717) is 21.7 Å². The van der Waals surface area contributed by atoms with Crippen LogP contribution >= 0.6 is 0 Å². The van der Waals surface area contributed by atoms with Gasteiger partial charge in [-0.1, -0.05) is 110 Å². The van der Waals surface area contributed by atoms with Gasteiger partial charge < -0.3 is 9.80 Å². The van der Waals surface area contributed by atoms with Gasteiger partial charge in [-0.2, -0.15) is 0 Å². The third-order valence-corrected chi connectivity index (χ3v) is 7.57. The Morgan fingerprint density at radius 3 is 1.33 bits per heavy atom. The molecule has 0 aromatic heterocycles. The van der Waals surface area contributed by atoms with E-state index in [1.165, 1.54) is 57.9 Å². The van der Waals surface area contributed by atoms with Gasteiger partial charge in [-0.05, 0) is 73.8 Å². The van der Waals surface area contributed by atoms with Gasteiger partial charge in [0.25, 0.3) is 0 Å². The molecule has 0 fully saturated rings. The molecule has 0 unspecified atom stereocenters. The van der Waals surface area contributed by atoms with E-state index in [1.807, 2.05) is 41.1 Å². The molecule has 0 aliphatic carbocycles. The Bertz CT molecular complexity index is 517. The average molecular weight is 512 g/mol. The normalized spacial score (nSPS) is 12.8. The van der Waals surface area contributed by atoms with Crippen LogP contribution in [0.1, 0.15) is 148 Å². The summed E-state index contributed by atoms with van der Waals surface area (Å²) in [6.45, 7) is 36.6. The number of nitrogens with zero attached hydrogens (tertiary/aromatic N) is 3. The van der Waals surface area contributed by atoms with Crippen LogP contribution in [0.25, 0.3) is 0 Å². The van der Waals surface area contributed by atoms with E-state index < -0.39 is 0 Å². The molecule has 0 aliphatic heterocycles. The molecule has 3 heteroatoms. The maximum absolute atomic E-state index is 4.32. The fourth-order valence-corrected chi connectivity index (χ4v) is 5.41. The molecule has 0 bridgehead atoms. The predicted octanol–water partition coefficient (Wildman–Crippen LogP) is 10.2. The highest BCUT2D eigenvalue weighted by Gasteiger charge is 2.28. The van der Waals surface area contributed by atoms with Crippen molar-refractivity contribution in [2.75, 3.05) is 40.3 Å². The number of hydrogen-bond donors (Lipinski definition) is 0. The highest BCUT2D eigenvalue weighted by Crippen LogP contribution is 2.39. The van der Waals surface area contributed by atoms with Crippen molar-refractivity contribution in [2.24, 2.45) is 26.7 Å². The van der Waals surface area contributed by atoms with Crippen LogP contribution in [0.2, 0.25) is 0 Å². The summed E-state index contributed by atoms with van der Waals surface area (Å²) >= 11 is 0. The van der Waals surface area contributed by atoms with Crippen molar-refractivity contribution in [2.45, 2.75) is 148 Å². The van der Waals surface area contributed by atoms with Gasteiger partial charge in [-0.3, -0.25) is 4.99 Å². The summed E-state index contributed by atoms with van der Waals surface area (Å²) in [7, 11) is 4.17. The molecule has 0 rings (SSSR count). The minimum atomic E-state index is 0.407. The molecule has 36 heavy (non-hydrogen) atoms. The van der Waals surface area contributed by atoms with Crippen molar-refractivity contribution in [1.29, 1.82) is 0 Å². The first-order valence-electron chi connectivity index (χ1n) is 15.4. The van der Waals surface area contributed by atoms with Crippen molar-refractivity contribution in [3.63, 3.8) is 0 Å². The summed E-state index contributed by atoms with van der Waals surface area (Å²) in [5.74, 6) is 0. The quantitative estimate of drug-likeness (QED) is 0.135. The zero-order chi connectivity index (χ0) is 29.1. The van der Waals surface area contributed by atoms with Crippen LogP contribution in [0, 0.1) is 21.7 Å². The second-order valence-electron chi connectivity index (χ2n) is 13.6. The van der Waals surface area contributed by atoms with E-state index in [9.17, 15) is 0 Å². The standard InChI is InChI=1S/C29H61N3.2C2H6/c1-13-26(3,4)23-28(7,8)17-15-19-31(12)21-22-32(25-30-11)20-16-18-29(9,10)24-27(5,6)14-2;2*1-2/h25H,13-24H2,1-12H3;2*1-2H3. The zero-order valence-corrected chi connectivity index (χ0v) is 28.4. The highest BCUT2D eigenvalue weighted by atomic mass is 15.2. The van der Waals surface area contributed by atoms with Crippen molar-refractivity contribution >= 4 is 6.34 Å². The first kappa shape index (κ1) is 39.9. The molecule has 220 valence electrons. The summed E-state index contributed by atoms with van der Waals surface area (Å²) in [5, 5.41) is 0. The second-order valence-corrected chi connectivity index (χ2v) is 13.6. The highest BCUT2D eigenvalue weighted by molar-refractivity contribution is 5.54. The fraction of sp³-hybridized carbons (Fsp3) is 0.970. The molecule has 0 atom stereocenters. The largest absolute Gasteiger partial charge is 0.362 e. The van der Waals surface area contributed by atoms with Gasteiger partial charge in [0.15, 0.2) is 0 Å². The molecular formula is C33H73N3. The Morgan fingerprint density at radius 2 is 0.972 bits per heavy atom. The van der Waals surface area contributed by atoms with E-state index in [-0.39, 0.29) is 0 Å². The molecule has 0 aliphatic rings. The summed E-state index contributed by atoms with van der Waals surface area (Å²) in [4.78, 5) is 9.25. The smallest absolute Gasteiger partial charge is 0.0846 e. The van der Waals surface area contributed by atoms with Crippen LogP contribution < -0.4 is 0 Å². The maximum atomic E-state index is 4.32. The van der Waals surface area contributed by atoms with Gasteiger partial charge in [0.05, 0.1) is 6.34 Å². The molecule has 3 nitrogen and oxygen atoms in total. The van der Waals surface area contributed by atoms with Crippen molar-refractivity contribution < 1.29 is 0 Å². The summed E-state index contributed by atoms with van der Waals surface area (Å²) < 4.78 is 0. The van der Waals surface area contributed by atoms with E-state index in [2.05, 4.69) is 91.1 Å². The lowest BCUT2D eigenvalue weighted by molar-refractivity contribution is 0.164. The molecule has 0 saturated carbocycles. The molecule has 0 spiro atoms. The Hall–Kier alpha value is -0.570. The van der Waals surface area contributed by atoms with Crippen LogP contribution in [-0.4, -0.2) is 56.4 Å². The van der Waals surface area contributed by atoms with Gasteiger partial charge in [0.2, 0.25) is 0 Å². The molecule has 0 heterocycles.